The van der Waals surface area contributed by atoms with E-state index in [4.69, 9.17) is 14.2 Å². The van der Waals surface area contributed by atoms with Gasteiger partial charge >= 0.3 is 5.97 Å². The summed E-state index contributed by atoms with van der Waals surface area (Å²) in [5.74, 6) is -0.0794. The van der Waals surface area contributed by atoms with Crippen molar-refractivity contribution >= 4 is 5.97 Å². The van der Waals surface area contributed by atoms with Crippen LogP contribution in [0.25, 0.3) is 0 Å². The van der Waals surface area contributed by atoms with Crippen molar-refractivity contribution in [3.05, 3.63) is 24.3 Å². The summed E-state index contributed by atoms with van der Waals surface area (Å²) in [6.07, 6.45) is -1.99. The third-order valence-electron chi connectivity index (χ3n) is 6.97. The Morgan fingerprint density at radius 1 is 1.19 bits per heavy atom. The number of carbonyl (C=O) groups excluding carboxylic acids is 1. The fourth-order valence-corrected chi connectivity index (χ4v) is 5.28. The SMILES string of the molecule is C=C1C[C@H]2OC(=O)C(=C)[C@H]2C[C@@H]2[C@@H]1CC[C@@]2(C)O[C@@H]1OC[C@H](O)[C@H](O)[C@H]1O. The molecular formula is C20H28O7. The highest BCUT2D eigenvalue weighted by Gasteiger charge is 2.55. The second-order valence-corrected chi connectivity index (χ2v) is 8.61. The maximum atomic E-state index is 12.0. The van der Waals surface area contributed by atoms with E-state index in [1.165, 1.54) is 0 Å². The van der Waals surface area contributed by atoms with Gasteiger partial charge in [0.25, 0.3) is 0 Å². The van der Waals surface area contributed by atoms with E-state index in [1.807, 2.05) is 6.92 Å². The van der Waals surface area contributed by atoms with Gasteiger partial charge in [-0.05, 0) is 38.0 Å². The Morgan fingerprint density at radius 3 is 2.67 bits per heavy atom. The molecular weight excluding hydrogens is 352 g/mol. The summed E-state index contributed by atoms with van der Waals surface area (Å²) in [6.45, 7) is 10.1. The minimum absolute atomic E-state index is 0.0603. The molecule has 0 bridgehead atoms. The van der Waals surface area contributed by atoms with Gasteiger partial charge in [0.2, 0.25) is 0 Å². The molecule has 2 aliphatic carbocycles. The van der Waals surface area contributed by atoms with Gasteiger partial charge in [-0.25, -0.2) is 4.79 Å². The van der Waals surface area contributed by atoms with E-state index < -0.39 is 30.2 Å². The van der Waals surface area contributed by atoms with Gasteiger partial charge in [-0.3, -0.25) is 0 Å². The average Bonchev–Trinajstić information content (AvgIpc) is 3.02. The number of hydrogen-bond acceptors (Lipinski definition) is 7. The summed E-state index contributed by atoms with van der Waals surface area (Å²) in [5.41, 5.74) is 0.959. The molecule has 7 nitrogen and oxygen atoms in total. The number of aliphatic hydroxyl groups is 3. The number of ether oxygens (including phenoxy) is 3. The molecule has 4 aliphatic rings. The minimum atomic E-state index is -1.32. The quantitative estimate of drug-likeness (QED) is 0.367. The number of aliphatic hydroxyl groups excluding tert-OH is 3. The van der Waals surface area contributed by atoms with Crippen molar-refractivity contribution in [3.8, 4) is 0 Å². The van der Waals surface area contributed by atoms with E-state index in [0.29, 0.717) is 18.4 Å². The predicted molar refractivity (Wildman–Crippen MR) is 94.3 cm³/mol. The van der Waals surface area contributed by atoms with E-state index >= 15 is 0 Å². The minimum Gasteiger partial charge on any atom is -0.458 e. The van der Waals surface area contributed by atoms with Crippen molar-refractivity contribution < 1.29 is 34.3 Å². The molecule has 0 aromatic rings. The normalized spacial score (nSPS) is 50.1. The van der Waals surface area contributed by atoms with Crippen LogP contribution in [-0.2, 0) is 19.0 Å². The Bertz CT molecular complexity index is 661. The maximum absolute atomic E-state index is 12.0. The fraction of sp³-hybridized carbons (Fsp3) is 0.750. The molecule has 0 amide bonds. The summed E-state index contributed by atoms with van der Waals surface area (Å²) in [6, 6.07) is 0. The summed E-state index contributed by atoms with van der Waals surface area (Å²) in [4.78, 5) is 12.0. The lowest BCUT2D eigenvalue weighted by atomic mass is 9.78. The van der Waals surface area contributed by atoms with E-state index in [-0.39, 0.29) is 36.4 Å². The molecule has 4 rings (SSSR count). The lowest BCUT2D eigenvalue weighted by Gasteiger charge is -2.42. The number of esters is 1. The Labute approximate surface area is 158 Å². The molecule has 2 heterocycles. The van der Waals surface area contributed by atoms with Crippen LogP contribution in [-0.4, -0.2) is 64.2 Å². The van der Waals surface area contributed by atoms with Crippen molar-refractivity contribution in [1.82, 2.24) is 0 Å². The second-order valence-electron chi connectivity index (χ2n) is 8.61. The van der Waals surface area contributed by atoms with Crippen LogP contribution in [0.5, 0.6) is 0 Å². The van der Waals surface area contributed by atoms with E-state index in [0.717, 1.165) is 18.4 Å². The van der Waals surface area contributed by atoms with Crippen LogP contribution in [0.15, 0.2) is 24.3 Å². The lowest BCUT2D eigenvalue weighted by Crippen LogP contribution is -2.56. The Hall–Kier alpha value is -1.25. The van der Waals surface area contributed by atoms with E-state index in [9.17, 15) is 20.1 Å². The third-order valence-corrected chi connectivity index (χ3v) is 6.97. The van der Waals surface area contributed by atoms with Crippen molar-refractivity contribution in [2.24, 2.45) is 17.8 Å². The molecule has 0 radical (unpaired) electrons. The first-order valence-electron chi connectivity index (χ1n) is 9.62. The fourth-order valence-electron chi connectivity index (χ4n) is 5.28. The highest BCUT2D eigenvalue weighted by atomic mass is 16.7. The van der Waals surface area contributed by atoms with Crippen LogP contribution >= 0.6 is 0 Å². The standard InChI is InChI=1S/C20H28O7/c1-9-6-15-12(10(2)18(24)26-15)7-13-11(9)4-5-20(13,3)27-19-17(23)16(22)14(21)8-25-19/h11-17,19,21-23H,1-2,4-8H2,3H3/t11-,12-,13-,14+,15-,16+,17-,19+,20-/m1/s1. The van der Waals surface area contributed by atoms with Gasteiger partial charge in [-0.2, -0.15) is 0 Å². The zero-order chi connectivity index (χ0) is 19.5. The molecule has 0 spiro atoms. The van der Waals surface area contributed by atoms with Crippen LogP contribution in [0.4, 0.5) is 0 Å². The van der Waals surface area contributed by atoms with Crippen LogP contribution in [0, 0.1) is 17.8 Å². The first-order valence-corrected chi connectivity index (χ1v) is 9.62. The molecule has 0 aromatic carbocycles. The van der Waals surface area contributed by atoms with Crippen LogP contribution < -0.4 is 0 Å². The van der Waals surface area contributed by atoms with Gasteiger partial charge in [0, 0.05) is 17.9 Å². The van der Waals surface area contributed by atoms with Gasteiger partial charge < -0.3 is 29.5 Å². The highest BCUT2D eigenvalue weighted by molar-refractivity contribution is 5.90. The van der Waals surface area contributed by atoms with Gasteiger partial charge in [0.1, 0.15) is 24.4 Å². The smallest absolute Gasteiger partial charge is 0.334 e. The Balaban J connectivity index is 1.56. The van der Waals surface area contributed by atoms with Crippen molar-refractivity contribution in [3.63, 3.8) is 0 Å². The molecule has 4 fully saturated rings. The molecule has 2 saturated heterocycles. The summed E-state index contributed by atoms with van der Waals surface area (Å²) in [5, 5.41) is 29.8. The molecule has 2 aliphatic heterocycles. The Morgan fingerprint density at radius 2 is 1.93 bits per heavy atom. The zero-order valence-corrected chi connectivity index (χ0v) is 15.5. The molecule has 150 valence electrons. The lowest BCUT2D eigenvalue weighted by molar-refractivity contribution is -0.304. The van der Waals surface area contributed by atoms with E-state index in [2.05, 4.69) is 13.2 Å². The van der Waals surface area contributed by atoms with Gasteiger partial charge in [0.15, 0.2) is 6.29 Å². The van der Waals surface area contributed by atoms with E-state index in [1.54, 1.807) is 0 Å². The van der Waals surface area contributed by atoms with Crippen LogP contribution in [0.1, 0.15) is 32.6 Å². The third kappa shape index (κ3) is 3.06. The molecule has 27 heavy (non-hydrogen) atoms. The molecule has 7 heteroatoms. The predicted octanol–water partition coefficient (Wildman–Crippen LogP) is 0.675. The van der Waals surface area contributed by atoms with Crippen LogP contribution in [0.2, 0.25) is 0 Å². The van der Waals surface area contributed by atoms with Gasteiger partial charge in [0.05, 0.1) is 12.2 Å². The zero-order valence-electron chi connectivity index (χ0n) is 15.5. The Kier molecular flexibility index (Phi) is 4.71. The number of hydrogen-bond donors (Lipinski definition) is 3. The molecule has 2 saturated carbocycles. The summed E-state index contributed by atoms with van der Waals surface area (Å²) >= 11 is 0. The molecule has 9 atom stereocenters. The van der Waals surface area contributed by atoms with Crippen molar-refractivity contribution in [2.45, 2.75) is 68.9 Å². The average molecular weight is 380 g/mol. The van der Waals surface area contributed by atoms with Gasteiger partial charge in [-0.1, -0.05) is 18.7 Å². The largest absolute Gasteiger partial charge is 0.458 e. The van der Waals surface area contributed by atoms with Crippen molar-refractivity contribution in [1.29, 1.82) is 0 Å². The monoisotopic (exact) mass is 380 g/mol. The molecule has 0 unspecified atom stereocenters. The number of carbonyl (C=O) groups is 1. The van der Waals surface area contributed by atoms with Gasteiger partial charge in [-0.15, -0.1) is 0 Å². The topological polar surface area (TPSA) is 105 Å². The molecule has 3 N–H and O–H groups in total. The number of fused-ring (bicyclic) bond motifs is 2. The molecule has 0 aromatic heterocycles. The summed E-state index contributed by atoms with van der Waals surface area (Å²) < 4.78 is 17.2. The van der Waals surface area contributed by atoms with Crippen LogP contribution in [0.3, 0.4) is 0 Å². The van der Waals surface area contributed by atoms with Crippen molar-refractivity contribution in [2.75, 3.05) is 6.61 Å². The highest BCUT2D eigenvalue weighted by Crippen LogP contribution is 2.54. The first-order chi connectivity index (χ1) is 12.7. The maximum Gasteiger partial charge on any atom is 0.334 e. The second kappa shape index (κ2) is 6.67. The number of rotatable bonds is 2. The summed E-state index contributed by atoms with van der Waals surface area (Å²) in [7, 11) is 0. The first kappa shape index (κ1) is 19.1.